The average Bonchev–Trinajstić information content (AvgIpc) is 2.31. The zero-order valence-corrected chi connectivity index (χ0v) is 11.3. The molecule has 1 aromatic carbocycles. The fourth-order valence-electron chi connectivity index (χ4n) is 1.65. The molecule has 0 fully saturated rings. The molecule has 20 heavy (non-hydrogen) atoms. The summed E-state index contributed by atoms with van der Waals surface area (Å²) in [6.07, 6.45) is -0.857. The first-order valence-electron chi connectivity index (χ1n) is 5.55. The number of carbonyl (C=O) groups is 1. The normalized spacial score (nSPS) is 13.1. The summed E-state index contributed by atoms with van der Waals surface area (Å²) in [6, 6.07) is 2.28. The SMILES string of the molecule is CN(O)C(=O)CC[C@@H](c1ccc(F)c(F)c1)P(=O)([O-])[O-]. The minimum absolute atomic E-state index is 0.231. The van der Waals surface area contributed by atoms with Gasteiger partial charge in [-0.15, -0.1) is 0 Å². The van der Waals surface area contributed by atoms with E-state index in [2.05, 4.69) is 0 Å². The van der Waals surface area contributed by atoms with E-state index in [0.717, 1.165) is 13.1 Å². The van der Waals surface area contributed by atoms with E-state index in [9.17, 15) is 27.9 Å². The van der Waals surface area contributed by atoms with E-state index in [1.807, 2.05) is 0 Å². The van der Waals surface area contributed by atoms with Crippen molar-refractivity contribution in [2.24, 2.45) is 0 Å². The van der Waals surface area contributed by atoms with Crippen molar-refractivity contribution >= 4 is 13.5 Å². The number of nitrogens with zero attached hydrogens (tertiary/aromatic N) is 1. The summed E-state index contributed by atoms with van der Waals surface area (Å²) >= 11 is 0. The Morgan fingerprint density at radius 1 is 1.40 bits per heavy atom. The van der Waals surface area contributed by atoms with Crippen LogP contribution in [0.5, 0.6) is 0 Å². The molecule has 0 saturated heterocycles. The molecule has 112 valence electrons. The molecule has 0 aliphatic rings. The van der Waals surface area contributed by atoms with Crippen LogP contribution in [0.1, 0.15) is 24.1 Å². The standard InChI is InChI=1S/C11H14F2NO5P/c1-14(16)11(15)5-4-10(20(17,18)19)7-2-3-8(12)9(13)6-7/h2-3,6,10,16H,4-5H2,1H3,(H2,17,18,19)/p-2/t10-/m0/s1. The van der Waals surface area contributed by atoms with Crippen LogP contribution >= 0.6 is 7.60 Å². The molecule has 0 heterocycles. The third-order valence-electron chi connectivity index (χ3n) is 2.70. The summed E-state index contributed by atoms with van der Waals surface area (Å²) in [7, 11) is -4.12. The molecule has 6 nitrogen and oxygen atoms in total. The van der Waals surface area contributed by atoms with Crippen molar-refractivity contribution in [3.05, 3.63) is 35.4 Å². The zero-order valence-electron chi connectivity index (χ0n) is 10.5. The van der Waals surface area contributed by atoms with E-state index >= 15 is 0 Å². The van der Waals surface area contributed by atoms with Gasteiger partial charge in [-0.25, -0.2) is 13.8 Å². The van der Waals surface area contributed by atoms with Gasteiger partial charge in [0.15, 0.2) is 11.6 Å². The molecule has 0 radical (unpaired) electrons. The van der Waals surface area contributed by atoms with Gasteiger partial charge in [0.1, 0.15) is 0 Å². The fraction of sp³-hybridized carbons (Fsp3) is 0.364. The molecule has 0 aliphatic heterocycles. The molecule has 0 unspecified atom stereocenters. The van der Waals surface area contributed by atoms with Crippen molar-refractivity contribution in [2.45, 2.75) is 18.5 Å². The Bertz CT molecular complexity index is 546. The molecule has 0 aliphatic carbocycles. The van der Waals surface area contributed by atoms with Crippen LogP contribution in [0.15, 0.2) is 18.2 Å². The smallest absolute Gasteiger partial charge is 0.245 e. The third-order valence-corrected chi connectivity index (χ3v) is 4.02. The topological polar surface area (TPSA) is 104 Å². The lowest BCUT2D eigenvalue weighted by molar-refractivity contribution is -0.317. The summed E-state index contributed by atoms with van der Waals surface area (Å²) in [6.45, 7) is 0. The highest BCUT2D eigenvalue weighted by molar-refractivity contribution is 7.49. The lowest BCUT2D eigenvalue weighted by atomic mass is 10.1. The predicted octanol–water partition coefficient (Wildman–Crippen LogP) is 0.547. The van der Waals surface area contributed by atoms with Crippen LogP contribution in [0.3, 0.4) is 0 Å². The molecule has 0 saturated carbocycles. The van der Waals surface area contributed by atoms with E-state index in [4.69, 9.17) is 5.21 Å². The quantitative estimate of drug-likeness (QED) is 0.486. The minimum atomic E-state index is -5.16. The first-order chi connectivity index (χ1) is 9.12. The molecule has 0 aromatic heterocycles. The molecule has 1 amide bonds. The van der Waals surface area contributed by atoms with Crippen molar-refractivity contribution in [1.29, 1.82) is 0 Å². The van der Waals surface area contributed by atoms with Gasteiger partial charge in [0.25, 0.3) is 0 Å². The van der Waals surface area contributed by atoms with Crippen LogP contribution in [-0.4, -0.2) is 23.2 Å². The number of rotatable bonds is 5. The van der Waals surface area contributed by atoms with Gasteiger partial charge < -0.3 is 14.4 Å². The second-order valence-corrected chi connectivity index (χ2v) is 5.89. The summed E-state index contributed by atoms with van der Waals surface area (Å²) in [4.78, 5) is 33.5. The Morgan fingerprint density at radius 2 is 2.00 bits per heavy atom. The average molecular weight is 307 g/mol. The molecule has 1 rings (SSSR count). The molecule has 1 atom stereocenters. The summed E-state index contributed by atoms with van der Waals surface area (Å²) in [5.41, 5.74) is -1.90. The second kappa shape index (κ2) is 6.41. The second-order valence-electron chi connectivity index (χ2n) is 4.19. The lowest BCUT2D eigenvalue weighted by Crippen LogP contribution is -2.25. The van der Waals surface area contributed by atoms with E-state index in [0.29, 0.717) is 12.1 Å². The summed E-state index contributed by atoms with van der Waals surface area (Å²) in [5.74, 6) is -3.26. The first-order valence-corrected chi connectivity index (χ1v) is 7.16. The number of amides is 1. The molecule has 0 bridgehead atoms. The van der Waals surface area contributed by atoms with Crippen LogP contribution in [0.4, 0.5) is 8.78 Å². The molecule has 1 N–H and O–H groups in total. The molecular formula is C11H12F2NO5P-2. The van der Waals surface area contributed by atoms with E-state index < -0.39 is 43.6 Å². The Balaban J connectivity index is 2.98. The van der Waals surface area contributed by atoms with Gasteiger partial charge in [-0.05, 0) is 24.1 Å². The van der Waals surface area contributed by atoms with E-state index in [-0.39, 0.29) is 10.6 Å². The van der Waals surface area contributed by atoms with E-state index in [1.165, 1.54) is 0 Å². The predicted molar refractivity (Wildman–Crippen MR) is 60.5 cm³/mol. The Morgan fingerprint density at radius 3 is 2.45 bits per heavy atom. The van der Waals surface area contributed by atoms with Gasteiger partial charge in [-0.3, -0.25) is 10.0 Å². The Hall–Kier alpha value is -1.34. The van der Waals surface area contributed by atoms with Crippen LogP contribution in [0.2, 0.25) is 0 Å². The van der Waals surface area contributed by atoms with Crippen molar-refractivity contribution in [2.75, 3.05) is 7.05 Å². The van der Waals surface area contributed by atoms with Crippen molar-refractivity contribution in [3.63, 3.8) is 0 Å². The highest BCUT2D eigenvalue weighted by Gasteiger charge is 2.19. The number of benzene rings is 1. The van der Waals surface area contributed by atoms with Crippen LogP contribution in [0, 0.1) is 11.6 Å². The van der Waals surface area contributed by atoms with Crippen molar-refractivity contribution in [3.8, 4) is 0 Å². The van der Waals surface area contributed by atoms with Gasteiger partial charge >= 0.3 is 0 Å². The van der Waals surface area contributed by atoms with Gasteiger partial charge in [0, 0.05) is 19.1 Å². The fourth-order valence-corrected chi connectivity index (χ4v) is 2.62. The largest absolute Gasteiger partial charge is 0.810 e. The lowest BCUT2D eigenvalue weighted by Gasteiger charge is -2.38. The number of hydroxylamine groups is 2. The first kappa shape index (κ1) is 16.7. The molecule has 0 spiro atoms. The number of carbonyl (C=O) groups excluding carboxylic acids is 1. The number of halogens is 2. The zero-order chi connectivity index (χ0) is 15.5. The van der Waals surface area contributed by atoms with Crippen LogP contribution in [0.25, 0.3) is 0 Å². The number of hydrogen-bond donors (Lipinski definition) is 1. The maximum absolute atomic E-state index is 13.1. The highest BCUT2D eigenvalue weighted by atomic mass is 31.2. The molecule has 1 aromatic rings. The van der Waals surface area contributed by atoms with Gasteiger partial charge in [-0.2, -0.15) is 0 Å². The van der Waals surface area contributed by atoms with Gasteiger partial charge in [-0.1, -0.05) is 13.7 Å². The molecule has 9 heteroatoms. The van der Waals surface area contributed by atoms with Crippen LogP contribution < -0.4 is 9.79 Å². The Kier molecular flexibility index (Phi) is 5.35. The minimum Gasteiger partial charge on any atom is -0.810 e. The Labute approximate surface area is 113 Å². The van der Waals surface area contributed by atoms with Crippen molar-refractivity contribution < 1.29 is 33.1 Å². The van der Waals surface area contributed by atoms with Crippen LogP contribution in [-0.2, 0) is 9.36 Å². The maximum atomic E-state index is 13.1. The number of hydrogen-bond acceptors (Lipinski definition) is 5. The maximum Gasteiger partial charge on any atom is 0.245 e. The molecular weight excluding hydrogens is 295 g/mol. The van der Waals surface area contributed by atoms with E-state index in [1.54, 1.807) is 0 Å². The van der Waals surface area contributed by atoms with Gasteiger partial charge in [0.2, 0.25) is 5.91 Å². The van der Waals surface area contributed by atoms with Crippen molar-refractivity contribution in [1.82, 2.24) is 5.06 Å². The highest BCUT2D eigenvalue weighted by Crippen LogP contribution is 2.47. The van der Waals surface area contributed by atoms with Gasteiger partial charge in [0.05, 0.1) is 0 Å². The third kappa shape index (κ3) is 4.35. The monoisotopic (exact) mass is 307 g/mol. The summed E-state index contributed by atoms with van der Waals surface area (Å²) < 4.78 is 37.0. The summed E-state index contributed by atoms with van der Waals surface area (Å²) in [5, 5.41) is 9.09.